The van der Waals surface area contributed by atoms with Gasteiger partial charge in [-0.25, -0.2) is 4.39 Å². The zero-order valence-corrected chi connectivity index (χ0v) is 12.1. The van der Waals surface area contributed by atoms with E-state index < -0.39 is 0 Å². The number of hydrogen-bond acceptors (Lipinski definition) is 4. The molecule has 0 aliphatic rings. The maximum absolute atomic E-state index is 13.2. The van der Waals surface area contributed by atoms with E-state index in [2.05, 4.69) is 36.2 Å². The van der Waals surface area contributed by atoms with Gasteiger partial charge < -0.3 is 9.84 Å². The molecule has 108 valence electrons. The number of nitrogens with one attached hydrogen (secondary N) is 1. The number of nitrogens with zero attached hydrogens (tertiary/aromatic N) is 2. The highest BCUT2D eigenvalue weighted by Crippen LogP contribution is 2.23. The quantitative estimate of drug-likeness (QED) is 0.879. The fraction of sp³-hybridized carbons (Fsp3) is 0.467. The lowest BCUT2D eigenvalue weighted by atomic mass is 9.99. The summed E-state index contributed by atoms with van der Waals surface area (Å²) < 4.78 is 18.5. The van der Waals surface area contributed by atoms with Crippen LogP contribution in [-0.2, 0) is 0 Å². The average molecular weight is 277 g/mol. The minimum absolute atomic E-state index is 0.120. The van der Waals surface area contributed by atoms with Gasteiger partial charge in [0.1, 0.15) is 5.82 Å². The summed E-state index contributed by atoms with van der Waals surface area (Å²) in [5.74, 6) is 0.825. The molecular formula is C15H20FN3O. The highest BCUT2D eigenvalue weighted by Gasteiger charge is 2.22. The van der Waals surface area contributed by atoms with Crippen molar-refractivity contribution in [3.05, 3.63) is 36.0 Å². The highest BCUT2D eigenvalue weighted by atomic mass is 19.1. The summed E-state index contributed by atoms with van der Waals surface area (Å²) in [6, 6.07) is 6.49. The number of halogens is 1. The molecule has 0 saturated heterocycles. The Balaban J connectivity index is 2.20. The minimum atomic E-state index is -0.305. The number of benzene rings is 1. The Morgan fingerprint density at radius 1 is 1.35 bits per heavy atom. The summed E-state index contributed by atoms with van der Waals surface area (Å²) in [6.07, 6.45) is 0.979. The minimum Gasteiger partial charge on any atom is -0.339 e. The second-order valence-corrected chi connectivity index (χ2v) is 4.83. The molecule has 2 rings (SSSR count). The summed E-state index contributed by atoms with van der Waals surface area (Å²) in [7, 11) is 0. The topological polar surface area (TPSA) is 51.0 Å². The van der Waals surface area contributed by atoms with E-state index in [1.807, 2.05) is 0 Å². The second kappa shape index (κ2) is 6.61. The molecule has 1 aromatic carbocycles. The van der Waals surface area contributed by atoms with E-state index in [-0.39, 0.29) is 11.7 Å². The first-order valence-electron chi connectivity index (χ1n) is 6.98. The van der Waals surface area contributed by atoms with Crippen molar-refractivity contribution in [2.24, 2.45) is 0 Å². The van der Waals surface area contributed by atoms with Crippen molar-refractivity contribution in [3.63, 3.8) is 0 Å². The highest BCUT2D eigenvalue weighted by molar-refractivity contribution is 5.53. The lowest BCUT2D eigenvalue weighted by molar-refractivity contribution is 0.321. The Kier molecular flexibility index (Phi) is 4.84. The average Bonchev–Trinajstić information content (AvgIpc) is 2.94. The Bertz CT molecular complexity index is 556. The monoisotopic (exact) mass is 277 g/mol. The Morgan fingerprint density at radius 3 is 2.80 bits per heavy atom. The molecule has 0 radical (unpaired) electrons. The summed E-state index contributed by atoms with van der Waals surface area (Å²) in [4.78, 5) is 4.39. The number of aromatic nitrogens is 2. The van der Waals surface area contributed by atoms with E-state index in [1.165, 1.54) is 12.1 Å². The van der Waals surface area contributed by atoms with Crippen molar-refractivity contribution in [2.45, 2.75) is 39.2 Å². The van der Waals surface area contributed by atoms with Crippen molar-refractivity contribution in [1.82, 2.24) is 15.5 Å². The summed E-state index contributed by atoms with van der Waals surface area (Å²) in [5, 5.41) is 7.35. The predicted molar refractivity (Wildman–Crippen MR) is 75.9 cm³/mol. The van der Waals surface area contributed by atoms with Crippen LogP contribution in [-0.4, -0.2) is 22.7 Å². The molecule has 0 amide bonds. The van der Waals surface area contributed by atoms with E-state index in [0.717, 1.165) is 13.0 Å². The lowest BCUT2D eigenvalue weighted by Gasteiger charge is -2.20. The van der Waals surface area contributed by atoms with Gasteiger partial charge in [0.25, 0.3) is 0 Å². The molecule has 0 aliphatic carbocycles. The van der Waals surface area contributed by atoms with Gasteiger partial charge in [-0.15, -0.1) is 0 Å². The predicted octanol–water partition coefficient (Wildman–Crippen LogP) is 3.37. The smallest absolute Gasteiger partial charge is 0.231 e. The van der Waals surface area contributed by atoms with Crippen LogP contribution in [0.1, 0.15) is 39.0 Å². The molecule has 0 aliphatic heterocycles. The van der Waals surface area contributed by atoms with Crippen LogP contribution in [0, 0.1) is 5.82 Å². The van der Waals surface area contributed by atoms with Crippen molar-refractivity contribution in [3.8, 4) is 11.4 Å². The van der Waals surface area contributed by atoms with Crippen LogP contribution >= 0.6 is 0 Å². The Hall–Kier alpha value is -1.75. The maximum Gasteiger partial charge on any atom is 0.231 e. The normalized spacial score (nSPS) is 14.2. The standard InChI is InChI=1S/C15H20FN3O/c1-4-13(17-5-2)10(3)15-18-14(19-20-15)11-7-6-8-12(16)9-11/h6-10,13,17H,4-5H2,1-3H3. The van der Waals surface area contributed by atoms with Gasteiger partial charge in [0, 0.05) is 11.6 Å². The molecule has 1 aromatic heterocycles. The van der Waals surface area contributed by atoms with E-state index in [1.54, 1.807) is 12.1 Å². The van der Waals surface area contributed by atoms with E-state index in [9.17, 15) is 4.39 Å². The first-order chi connectivity index (χ1) is 9.65. The van der Waals surface area contributed by atoms with Gasteiger partial charge in [0.15, 0.2) is 0 Å². The van der Waals surface area contributed by atoms with Gasteiger partial charge in [0.2, 0.25) is 11.7 Å². The van der Waals surface area contributed by atoms with Crippen LogP contribution in [0.3, 0.4) is 0 Å². The summed E-state index contributed by atoms with van der Waals surface area (Å²) >= 11 is 0. The SMILES string of the molecule is CCNC(CC)C(C)c1nc(-c2cccc(F)c2)no1. The maximum atomic E-state index is 13.2. The molecule has 0 bridgehead atoms. The number of likely N-dealkylation sites (N-methyl/N-ethyl adjacent to an activating group) is 1. The molecule has 0 fully saturated rings. The molecule has 0 spiro atoms. The lowest BCUT2D eigenvalue weighted by Crippen LogP contribution is -2.33. The Morgan fingerprint density at radius 2 is 2.15 bits per heavy atom. The largest absolute Gasteiger partial charge is 0.339 e. The van der Waals surface area contributed by atoms with Crippen molar-refractivity contribution < 1.29 is 8.91 Å². The van der Waals surface area contributed by atoms with Crippen LogP contribution in [0.4, 0.5) is 4.39 Å². The van der Waals surface area contributed by atoms with Gasteiger partial charge in [-0.05, 0) is 25.1 Å². The first-order valence-corrected chi connectivity index (χ1v) is 6.98. The number of rotatable bonds is 6. The second-order valence-electron chi connectivity index (χ2n) is 4.83. The van der Waals surface area contributed by atoms with Crippen LogP contribution in [0.25, 0.3) is 11.4 Å². The first kappa shape index (κ1) is 14.7. The third-order valence-electron chi connectivity index (χ3n) is 3.42. The molecular weight excluding hydrogens is 257 g/mol. The zero-order chi connectivity index (χ0) is 14.5. The van der Waals surface area contributed by atoms with Crippen molar-refractivity contribution in [1.29, 1.82) is 0 Å². The summed E-state index contributed by atoms with van der Waals surface area (Å²) in [5.41, 5.74) is 0.628. The molecule has 2 atom stereocenters. The van der Waals surface area contributed by atoms with E-state index in [4.69, 9.17) is 4.52 Å². The molecule has 0 saturated carbocycles. The van der Waals surface area contributed by atoms with Crippen LogP contribution in [0.15, 0.2) is 28.8 Å². The van der Waals surface area contributed by atoms with Gasteiger partial charge in [-0.1, -0.05) is 38.1 Å². The molecule has 20 heavy (non-hydrogen) atoms. The van der Waals surface area contributed by atoms with Gasteiger partial charge >= 0.3 is 0 Å². The van der Waals surface area contributed by atoms with E-state index in [0.29, 0.717) is 23.3 Å². The van der Waals surface area contributed by atoms with E-state index >= 15 is 0 Å². The molecule has 4 nitrogen and oxygen atoms in total. The van der Waals surface area contributed by atoms with Crippen LogP contribution in [0.5, 0.6) is 0 Å². The van der Waals surface area contributed by atoms with Crippen LogP contribution < -0.4 is 5.32 Å². The third-order valence-corrected chi connectivity index (χ3v) is 3.42. The molecule has 5 heteroatoms. The molecule has 2 aromatic rings. The fourth-order valence-corrected chi connectivity index (χ4v) is 2.27. The number of hydrogen-bond donors (Lipinski definition) is 1. The third kappa shape index (κ3) is 3.22. The zero-order valence-electron chi connectivity index (χ0n) is 12.1. The van der Waals surface area contributed by atoms with Gasteiger partial charge in [0.05, 0.1) is 5.92 Å². The van der Waals surface area contributed by atoms with Crippen molar-refractivity contribution in [2.75, 3.05) is 6.54 Å². The van der Waals surface area contributed by atoms with Crippen LogP contribution in [0.2, 0.25) is 0 Å². The van der Waals surface area contributed by atoms with Gasteiger partial charge in [-0.2, -0.15) is 4.98 Å². The summed E-state index contributed by atoms with van der Waals surface area (Å²) in [6.45, 7) is 7.14. The fourth-order valence-electron chi connectivity index (χ4n) is 2.27. The molecule has 2 unspecified atom stereocenters. The molecule has 1 N–H and O–H groups in total. The van der Waals surface area contributed by atoms with Crippen molar-refractivity contribution >= 4 is 0 Å². The Labute approximate surface area is 118 Å². The van der Waals surface area contributed by atoms with Gasteiger partial charge in [-0.3, -0.25) is 0 Å². The molecule has 1 heterocycles.